The maximum absolute atomic E-state index is 12.0. The number of ether oxygens (including phenoxy) is 1. The lowest BCUT2D eigenvalue weighted by atomic mass is 10.1. The van der Waals surface area contributed by atoms with Crippen LogP contribution in [0.3, 0.4) is 0 Å². The van der Waals surface area contributed by atoms with Crippen molar-refractivity contribution in [2.45, 2.75) is 52.4 Å². The number of urea groups is 1. The smallest absolute Gasteiger partial charge is 0.315 e. The minimum atomic E-state index is -0.287. The van der Waals surface area contributed by atoms with Gasteiger partial charge in [-0.25, -0.2) is 9.78 Å². The molecule has 1 atom stereocenters. The average molecular weight is 331 g/mol. The number of hydrogen-bond acceptors (Lipinski definition) is 4. The van der Waals surface area contributed by atoms with E-state index in [-0.39, 0.29) is 17.7 Å². The number of carbonyl (C=O) groups is 1. The summed E-state index contributed by atoms with van der Waals surface area (Å²) in [5.74, 6) is 0.779. The van der Waals surface area contributed by atoms with Gasteiger partial charge in [0.15, 0.2) is 0 Å². The van der Waals surface area contributed by atoms with Crippen LogP contribution in [0.5, 0.6) is 5.75 Å². The molecule has 1 aromatic carbocycles. The number of benzene rings is 1. The fourth-order valence-corrected chi connectivity index (χ4v) is 2.18. The molecule has 0 saturated heterocycles. The van der Waals surface area contributed by atoms with Crippen LogP contribution in [0.1, 0.15) is 33.3 Å². The normalized spacial score (nSPS) is 12.5. The van der Waals surface area contributed by atoms with Gasteiger partial charge in [-0.05, 0) is 33.8 Å². The molecule has 0 radical (unpaired) electrons. The molecule has 2 amide bonds. The number of nitrogens with one attached hydrogen (secondary N) is 2. The van der Waals surface area contributed by atoms with Crippen molar-refractivity contribution in [3.05, 3.63) is 42.5 Å². The lowest BCUT2D eigenvalue weighted by Gasteiger charge is -2.23. The molecule has 2 rings (SSSR count). The molecule has 0 aliphatic carbocycles. The molecule has 1 aromatic heterocycles. The van der Waals surface area contributed by atoms with E-state index in [4.69, 9.17) is 4.74 Å². The number of amides is 2. The van der Waals surface area contributed by atoms with E-state index >= 15 is 0 Å². The Morgan fingerprint density at radius 3 is 2.75 bits per heavy atom. The average Bonchev–Trinajstić information content (AvgIpc) is 2.97. The van der Waals surface area contributed by atoms with Gasteiger partial charge in [0, 0.05) is 18.2 Å². The van der Waals surface area contributed by atoms with Crippen molar-refractivity contribution < 1.29 is 9.53 Å². The second kappa shape index (κ2) is 7.81. The first-order valence-corrected chi connectivity index (χ1v) is 7.97. The Bertz CT molecular complexity index is 649. The van der Waals surface area contributed by atoms with E-state index in [1.807, 2.05) is 52.0 Å². The van der Waals surface area contributed by atoms with Gasteiger partial charge in [-0.1, -0.05) is 18.2 Å². The van der Waals surface area contributed by atoms with E-state index < -0.39 is 0 Å². The Kier molecular flexibility index (Phi) is 5.78. The SMILES string of the molecule is C[C@H](Cn1cncn1)NC(=O)NCc1ccccc1OC(C)(C)C. The summed E-state index contributed by atoms with van der Waals surface area (Å²) < 4.78 is 7.60. The van der Waals surface area contributed by atoms with Crippen LogP contribution in [-0.4, -0.2) is 32.4 Å². The van der Waals surface area contributed by atoms with E-state index in [0.29, 0.717) is 13.1 Å². The highest BCUT2D eigenvalue weighted by molar-refractivity contribution is 5.74. The van der Waals surface area contributed by atoms with Crippen molar-refractivity contribution in [1.82, 2.24) is 25.4 Å². The van der Waals surface area contributed by atoms with Gasteiger partial charge in [0.25, 0.3) is 0 Å². The van der Waals surface area contributed by atoms with Gasteiger partial charge in [0.1, 0.15) is 24.0 Å². The first-order valence-electron chi connectivity index (χ1n) is 7.97. The largest absolute Gasteiger partial charge is 0.488 e. The second-order valence-corrected chi connectivity index (χ2v) is 6.67. The predicted molar refractivity (Wildman–Crippen MR) is 91.7 cm³/mol. The molecule has 0 unspecified atom stereocenters. The van der Waals surface area contributed by atoms with Crippen LogP contribution in [0.25, 0.3) is 0 Å². The van der Waals surface area contributed by atoms with Crippen molar-refractivity contribution in [3.8, 4) is 5.75 Å². The van der Waals surface area contributed by atoms with Crippen molar-refractivity contribution in [1.29, 1.82) is 0 Å². The molecule has 2 aromatic rings. The summed E-state index contributed by atoms with van der Waals surface area (Å²) in [7, 11) is 0. The molecule has 0 aliphatic heterocycles. The fraction of sp³-hybridized carbons (Fsp3) is 0.471. The van der Waals surface area contributed by atoms with E-state index in [2.05, 4.69) is 20.7 Å². The number of aromatic nitrogens is 3. The minimum absolute atomic E-state index is 0.0623. The quantitative estimate of drug-likeness (QED) is 0.851. The van der Waals surface area contributed by atoms with Crippen LogP contribution in [0.4, 0.5) is 4.79 Å². The van der Waals surface area contributed by atoms with Crippen molar-refractivity contribution >= 4 is 6.03 Å². The van der Waals surface area contributed by atoms with Crippen LogP contribution in [0.15, 0.2) is 36.9 Å². The van der Waals surface area contributed by atoms with Gasteiger partial charge in [0.05, 0.1) is 6.54 Å². The van der Waals surface area contributed by atoms with Gasteiger partial charge in [-0.3, -0.25) is 4.68 Å². The topological polar surface area (TPSA) is 81.1 Å². The third kappa shape index (κ3) is 5.91. The summed E-state index contributed by atoms with van der Waals surface area (Å²) in [6.45, 7) is 8.87. The summed E-state index contributed by atoms with van der Waals surface area (Å²) >= 11 is 0. The molecular formula is C17H25N5O2. The van der Waals surface area contributed by atoms with Crippen LogP contribution >= 0.6 is 0 Å². The van der Waals surface area contributed by atoms with Crippen LogP contribution in [-0.2, 0) is 13.1 Å². The highest BCUT2D eigenvalue weighted by Crippen LogP contribution is 2.22. The Morgan fingerprint density at radius 1 is 1.33 bits per heavy atom. The molecule has 0 saturated carbocycles. The van der Waals surface area contributed by atoms with Crippen LogP contribution < -0.4 is 15.4 Å². The highest BCUT2D eigenvalue weighted by atomic mass is 16.5. The highest BCUT2D eigenvalue weighted by Gasteiger charge is 2.15. The Hall–Kier alpha value is -2.57. The third-order valence-electron chi connectivity index (χ3n) is 3.13. The van der Waals surface area contributed by atoms with E-state index in [9.17, 15) is 4.79 Å². The summed E-state index contributed by atoms with van der Waals surface area (Å²) in [5, 5.41) is 9.76. The summed E-state index contributed by atoms with van der Waals surface area (Å²) in [6.07, 6.45) is 3.09. The zero-order chi connectivity index (χ0) is 17.6. The van der Waals surface area contributed by atoms with Crippen LogP contribution in [0, 0.1) is 0 Å². The van der Waals surface area contributed by atoms with E-state index in [1.54, 1.807) is 11.0 Å². The Labute approximate surface area is 142 Å². The lowest BCUT2D eigenvalue weighted by Crippen LogP contribution is -2.42. The summed E-state index contributed by atoms with van der Waals surface area (Å²) in [6, 6.07) is 7.41. The monoisotopic (exact) mass is 331 g/mol. The zero-order valence-electron chi connectivity index (χ0n) is 14.6. The molecule has 24 heavy (non-hydrogen) atoms. The zero-order valence-corrected chi connectivity index (χ0v) is 14.6. The van der Waals surface area contributed by atoms with Gasteiger partial charge < -0.3 is 15.4 Å². The molecule has 0 fully saturated rings. The van der Waals surface area contributed by atoms with Gasteiger partial charge >= 0.3 is 6.03 Å². The van der Waals surface area contributed by atoms with Crippen molar-refractivity contribution in [2.75, 3.05) is 0 Å². The van der Waals surface area contributed by atoms with Gasteiger partial charge in [-0.2, -0.15) is 5.10 Å². The van der Waals surface area contributed by atoms with Gasteiger partial charge in [-0.15, -0.1) is 0 Å². The molecule has 1 heterocycles. The number of carbonyl (C=O) groups excluding carboxylic acids is 1. The van der Waals surface area contributed by atoms with E-state index in [1.165, 1.54) is 6.33 Å². The molecule has 130 valence electrons. The van der Waals surface area contributed by atoms with Crippen molar-refractivity contribution in [3.63, 3.8) is 0 Å². The fourth-order valence-electron chi connectivity index (χ4n) is 2.18. The molecule has 0 aliphatic rings. The minimum Gasteiger partial charge on any atom is -0.488 e. The van der Waals surface area contributed by atoms with E-state index in [0.717, 1.165) is 11.3 Å². The lowest BCUT2D eigenvalue weighted by molar-refractivity contribution is 0.129. The van der Waals surface area contributed by atoms with Crippen LogP contribution in [0.2, 0.25) is 0 Å². The molecule has 0 spiro atoms. The maximum Gasteiger partial charge on any atom is 0.315 e. The van der Waals surface area contributed by atoms with Gasteiger partial charge in [0.2, 0.25) is 0 Å². The number of para-hydroxylation sites is 1. The predicted octanol–water partition coefficient (Wildman–Crippen LogP) is 2.34. The number of rotatable bonds is 6. The maximum atomic E-state index is 12.0. The second-order valence-electron chi connectivity index (χ2n) is 6.67. The first kappa shape index (κ1) is 17.8. The molecular weight excluding hydrogens is 306 g/mol. The third-order valence-corrected chi connectivity index (χ3v) is 3.13. The summed E-state index contributed by atoms with van der Waals surface area (Å²) in [5.41, 5.74) is 0.650. The first-order chi connectivity index (χ1) is 11.3. The van der Waals surface area contributed by atoms with Crippen molar-refractivity contribution in [2.24, 2.45) is 0 Å². The molecule has 7 heteroatoms. The Morgan fingerprint density at radius 2 is 2.08 bits per heavy atom. The molecule has 2 N–H and O–H groups in total. The number of hydrogen-bond donors (Lipinski definition) is 2. The number of nitrogens with zero attached hydrogens (tertiary/aromatic N) is 3. The standard InChI is InChI=1S/C17H25N5O2/c1-13(10-22-12-18-11-20-22)21-16(23)19-9-14-7-5-6-8-15(14)24-17(2,3)4/h5-8,11-13H,9-10H2,1-4H3,(H2,19,21,23)/t13-/m1/s1. The summed E-state index contributed by atoms with van der Waals surface area (Å²) in [4.78, 5) is 15.9. The Balaban J connectivity index is 1.85. The molecule has 0 bridgehead atoms. The molecule has 7 nitrogen and oxygen atoms in total.